The smallest absolute Gasteiger partial charge is 0.294 e. The van der Waals surface area contributed by atoms with Crippen LogP contribution in [0.4, 0.5) is 5.69 Å². The average molecular weight is 411 g/mol. The van der Waals surface area contributed by atoms with Crippen molar-refractivity contribution >= 4 is 17.4 Å². The molecule has 1 aliphatic heterocycles. The Balaban J connectivity index is 2.14. The summed E-state index contributed by atoms with van der Waals surface area (Å²) in [7, 11) is 0. The summed E-state index contributed by atoms with van der Waals surface area (Å²) in [5.41, 5.74) is 1.09. The highest BCUT2D eigenvalue weighted by molar-refractivity contribution is 6.16. The van der Waals surface area contributed by atoms with Gasteiger partial charge in [-0.15, -0.1) is 0 Å². The lowest BCUT2D eigenvalue weighted by Gasteiger charge is -2.27. The van der Waals surface area contributed by atoms with E-state index in [1.165, 1.54) is 17.0 Å². The number of amides is 1. The molecule has 7 heteroatoms. The molecule has 0 saturated heterocycles. The molecule has 0 aliphatic carbocycles. The number of ketones is 1. The van der Waals surface area contributed by atoms with Gasteiger partial charge < -0.3 is 19.7 Å². The van der Waals surface area contributed by atoms with Crippen LogP contribution >= 0.6 is 0 Å². The van der Waals surface area contributed by atoms with E-state index in [1.54, 1.807) is 37.3 Å². The highest BCUT2D eigenvalue weighted by Crippen LogP contribution is 2.43. The summed E-state index contributed by atoms with van der Waals surface area (Å²) >= 11 is 0. The van der Waals surface area contributed by atoms with Crippen LogP contribution < -0.4 is 14.4 Å². The third-order valence-electron chi connectivity index (χ3n) is 4.84. The number of carbonyl (C=O) groups is 2. The lowest BCUT2D eigenvalue weighted by Crippen LogP contribution is -2.31. The summed E-state index contributed by atoms with van der Waals surface area (Å²) in [5.74, 6) is -0.492. The van der Waals surface area contributed by atoms with E-state index in [0.29, 0.717) is 36.0 Å². The predicted molar refractivity (Wildman–Crippen MR) is 112 cm³/mol. The number of rotatable bonds is 8. The largest absolute Gasteiger partial charge is 0.508 e. The first kappa shape index (κ1) is 21.2. The second-order valence-electron chi connectivity index (χ2n) is 6.71. The minimum absolute atomic E-state index is 0.0417. The molecule has 7 nitrogen and oxygen atoms in total. The van der Waals surface area contributed by atoms with E-state index >= 15 is 0 Å². The standard InChI is InChI=1S/C23H25NO6/c1-4-17(26)20-21(14-7-10-16(25)11-8-14)24(23(28)22(20)27)15-9-12-18(29-5-2)19(13-15)30-6-3/h7-13,21,25,27H,4-6H2,1-3H3. The number of ether oxygens (including phenoxy) is 2. The zero-order chi connectivity index (χ0) is 21.8. The van der Waals surface area contributed by atoms with Crippen molar-refractivity contribution < 1.29 is 29.3 Å². The summed E-state index contributed by atoms with van der Waals surface area (Å²) in [5, 5.41) is 20.2. The summed E-state index contributed by atoms with van der Waals surface area (Å²) in [6.07, 6.45) is 0.141. The average Bonchev–Trinajstić information content (AvgIpc) is 3.00. The van der Waals surface area contributed by atoms with Crippen LogP contribution in [0.15, 0.2) is 53.8 Å². The number of aromatic hydroxyl groups is 1. The molecule has 30 heavy (non-hydrogen) atoms. The number of hydrogen-bond acceptors (Lipinski definition) is 6. The number of anilines is 1. The Morgan fingerprint density at radius 3 is 2.20 bits per heavy atom. The van der Waals surface area contributed by atoms with Crippen molar-refractivity contribution in [1.82, 2.24) is 0 Å². The van der Waals surface area contributed by atoms with Gasteiger partial charge in [-0.1, -0.05) is 19.1 Å². The van der Waals surface area contributed by atoms with Crippen LogP contribution in [0.1, 0.15) is 38.8 Å². The van der Waals surface area contributed by atoms with Gasteiger partial charge in [0, 0.05) is 18.2 Å². The summed E-state index contributed by atoms with van der Waals surface area (Å²) in [6.45, 7) is 6.23. The summed E-state index contributed by atoms with van der Waals surface area (Å²) < 4.78 is 11.3. The monoisotopic (exact) mass is 411 g/mol. The van der Waals surface area contributed by atoms with Crippen molar-refractivity contribution in [1.29, 1.82) is 0 Å². The quantitative estimate of drug-likeness (QED) is 0.680. The van der Waals surface area contributed by atoms with Crippen molar-refractivity contribution in [2.45, 2.75) is 33.2 Å². The van der Waals surface area contributed by atoms with Crippen molar-refractivity contribution in [2.75, 3.05) is 18.1 Å². The Hall–Kier alpha value is -3.48. The van der Waals surface area contributed by atoms with Gasteiger partial charge in [0.25, 0.3) is 5.91 Å². The van der Waals surface area contributed by atoms with Gasteiger partial charge in [-0.25, -0.2) is 0 Å². The number of aliphatic hydroxyl groups is 1. The number of carbonyl (C=O) groups excluding carboxylic acids is 2. The number of aliphatic hydroxyl groups excluding tert-OH is 1. The molecule has 3 rings (SSSR count). The Bertz CT molecular complexity index is 980. The molecule has 0 bridgehead atoms. The number of phenols is 1. The fraction of sp³-hybridized carbons (Fsp3) is 0.304. The number of hydrogen-bond donors (Lipinski definition) is 2. The zero-order valence-corrected chi connectivity index (χ0v) is 17.2. The highest BCUT2D eigenvalue weighted by Gasteiger charge is 2.44. The van der Waals surface area contributed by atoms with Crippen LogP contribution in [0, 0.1) is 0 Å². The minimum atomic E-state index is -0.821. The van der Waals surface area contributed by atoms with E-state index in [1.807, 2.05) is 13.8 Å². The molecule has 0 aromatic heterocycles. The fourth-order valence-electron chi connectivity index (χ4n) is 3.51. The molecule has 0 fully saturated rings. The highest BCUT2D eigenvalue weighted by atomic mass is 16.5. The number of Topliss-reactive ketones (excluding diaryl/α,β-unsaturated/α-hetero) is 1. The van der Waals surface area contributed by atoms with Gasteiger partial charge in [0.05, 0.1) is 24.8 Å². The number of nitrogens with zero attached hydrogens (tertiary/aromatic N) is 1. The molecule has 158 valence electrons. The van der Waals surface area contributed by atoms with E-state index < -0.39 is 17.7 Å². The molecule has 0 spiro atoms. The summed E-state index contributed by atoms with van der Waals surface area (Å²) in [6, 6.07) is 10.4. The van der Waals surface area contributed by atoms with Gasteiger partial charge in [-0.2, -0.15) is 0 Å². The molecule has 0 saturated carbocycles. The molecular weight excluding hydrogens is 386 g/mol. The van der Waals surface area contributed by atoms with Crippen LogP contribution in [-0.2, 0) is 9.59 Å². The molecule has 2 aromatic carbocycles. The molecule has 1 unspecified atom stereocenters. The number of phenolic OH excluding ortho intramolecular Hbond substituents is 1. The second kappa shape index (κ2) is 8.90. The molecule has 1 atom stereocenters. The zero-order valence-electron chi connectivity index (χ0n) is 17.2. The van der Waals surface area contributed by atoms with E-state index in [2.05, 4.69) is 0 Å². The molecule has 1 amide bonds. The van der Waals surface area contributed by atoms with Gasteiger partial charge in [0.15, 0.2) is 23.0 Å². The first-order valence-corrected chi connectivity index (χ1v) is 9.91. The SMILES string of the molecule is CCOc1ccc(N2C(=O)C(O)=C(C(=O)CC)C2c2ccc(O)cc2)cc1OCC. The van der Waals surface area contributed by atoms with Crippen molar-refractivity contribution in [3.8, 4) is 17.2 Å². The maximum absolute atomic E-state index is 13.0. The van der Waals surface area contributed by atoms with Gasteiger partial charge in [0.1, 0.15) is 5.75 Å². The Morgan fingerprint density at radius 1 is 0.967 bits per heavy atom. The van der Waals surface area contributed by atoms with Crippen molar-refractivity contribution in [2.24, 2.45) is 0 Å². The third kappa shape index (κ3) is 3.83. The molecule has 2 N–H and O–H groups in total. The van der Waals surface area contributed by atoms with E-state index in [0.717, 1.165) is 0 Å². The first-order valence-electron chi connectivity index (χ1n) is 9.91. The topological polar surface area (TPSA) is 96.3 Å². The first-order chi connectivity index (χ1) is 14.4. The van der Waals surface area contributed by atoms with E-state index in [9.17, 15) is 19.8 Å². The lowest BCUT2D eigenvalue weighted by molar-refractivity contribution is -0.118. The van der Waals surface area contributed by atoms with E-state index in [4.69, 9.17) is 9.47 Å². The fourth-order valence-corrected chi connectivity index (χ4v) is 3.51. The minimum Gasteiger partial charge on any atom is -0.508 e. The second-order valence-corrected chi connectivity index (χ2v) is 6.71. The maximum Gasteiger partial charge on any atom is 0.294 e. The predicted octanol–water partition coefficient (Wildman–Crippen LogP) is 4.07. The molecular formula is C23H25NO6. The van der Waals surface area contributed by atoms with Crippen LogP contribution in [0.5, 0.6) is 17.2 Å². The van der Waals surface area contributed by atoms with Gasteiger partial charge in [0.2, 0.25) is 0 Å². The Kier molecular flexibility index (Phi) is 6.30. The lowest BCUT2D eigenvalue weighted by atomic mass is 9.95. The van der Waals surface area contributed by atoms with Crippen LogP contribution in [-0.4, -0.2) is 35.1 Å². The summed E-state index contributed by atoms with van der Waals surface area (Å²) in [4.78, 5) is 27.0. The molecule has 0 radical (unpaired) electrons. The van der Waals surface area contributed by atoms with Crippen LogP contribution in [0.25, 0.3) is 0 Å². The van der Waals surface area contributed by atoms with Gasteiger partial charge in [-0.3, -0.25) is 14.5 Å². The molecule has 1 heterocycles. The normalized spacial score (nSPS) is 16.2. The van der Waals surface area contributed by atoms with Crippen LogP contribution in [0.2, 0.25) is 0 Å². The van der Waals surface area contributed by atoms with Crippen LogP contribution in [0.3, 0.4) is 0 Å². The Labute approximate surface area is 175 Å². The van der Waals surface area contributed by atoms with E-state index in [-0.39, 0.29) is 23.5 Å². The Morgan fingerprint density at radius 2 is 1.60 bits per heavy atom. The van der Waals surface area contributed by atoms with Crippen molar-refractivity contribution in [3.05, 3.63) is 59.4 Å². The molecule has 1 aliphatic rings. The van der Waals surface area contributed by atoms with Gasteiger partial charge >= 0.3 is 0 Å². The third-order valence-corrected chi connectivity index (χ3v) is 4.84. The van der Waals surface area contributed by atoms with Crippen molar-refractivity contribution in [3.63, 3.8) is 0 Å². The number of benzene rings is 2. The maximum atomic E-state index is 13.0. The van der Waals surface area contributed by atoms with Gasteiger partial charge in [-0.05, 0) is 43.7 Å². The molecule has 2 aromatic rings.